The molecule has 7 heteroatoms. The molecule has 4 rings (SSSR count). The van der Waals surface area contributed by atoms with Crippen LogP contribution in [0.25, 0.3) is 17.1 Å². The van der Waals surface area contributed by atoms with Gasteiger partial charge in [-0.25, -0.2) is 4.79 Å². The van der Waals surface area contributed by atoms with Crippen LogP contribution in [0.3, 0.4) is 0 Å². The van der Waals surface area contributed by atoms with Crippen molar-refractivity contribution in [2.75, 3.05) is 27.3 Å². The topological polar surface area (TPSA) is 76.6 Å². The number of carbonyl (C=O) groups is 1. The molecule has 0 unspecified atom stereocenters. The van der Waals surface area contributed by atoms with Crippen LogP contribution in [0.5, 0.6) is 11.5 Å². The summed E-state index contributed by atoms with van der Waals surface area (Å²) in [5, 5.41) is 0. The lowest BCUT2D eigenvalue weighted by Gasteiger charge is -2.32. The van der Waals surface area contributed by atoms with Crippen molar-refractivity contribution >= 4 is 23.0 Å². The summed E-state index contributed by atoms with van der Waals surface area (Å²) in [5.74, 6) is 1.09. The molecule has 0 spiro atoms. The number of H-pyrrole nitrogens is 1. The molecular weight excluding hydrogens is 394 g/mol. The van der Waals surface area contributed by atoms with E-state index in [0.29, 0.717) is 30.2 Å². The highest BCUT2D eigenvalue weighted by Gasteiger charge is 2.27. The molecule has 1 aliphatic heterocycles. The number of rotatable bonds is 5. The Hall–Kier alpha value is -3.48. The summed E-state index contributed by atoms with van der Waals surface area (Å²) in [6.07, 6.45) is 5.24. The largest absolute Gasteiger partial charge is 0.493 e. The molecule has 1 aromatic heterocycles. The Morgan fingerprint density at radius 2 is 1.87 bits per heavy atom. The first-order chi connectivity index (χ1) is 15.1. The molecule has 2 heterocycles. The number of likely N-dealkylation sites (tertiary alicyclic amines) is 1. The van der Waals surface area contributed by atoms with Crippen molar-refractivity contribution in [3.8, 4) is 11.5 Å². The van der Waals surface area contributed by atoms with Gasteiger partial charge in [-0.3, -0.25) is 9.36 Å². The third-order valence-corrected chi connectivity index (χ3v) is 5.84. The highest BCUT2D eigenvalue weighted by atomic mass is 16.5. The number of aromatic nitrogens is 2. The van der Waals surface area contributed by atoms with Gasteiger partial charge in [-0.1, -0.05) is 24.3 Å². The number of nitrogens with zero attached hydrogens (tertiary/aromatic N) is 2. The lowest BCUT2D eigenvalue weighted by molar-refractivity contribution is 0.0694. The molecule has 0 bridgehead atoms. The maximum absolute atomic E-state index is 13.2. The third kappa shape index (κ3) is 3.83. The van der Waals surface area contributed by atoms with Crippen LogP contribution in [-0.2, 0) is 0 Å². The van der Waals surface area contributed by atoms with Gasteiger partial charge >= 0.3 is 5.69 Å². The van der Waals surface area contributed by atoms with E-state index in [9.17, 15) is 9.59 Å². The Balaban J connectivity index is 1.55. The summed E-state index contributed by atoms with van der Waals surface area (Å²) in [4.78, 5) is 30.5. The van der Waals surface area contributed by atoms with Gasteiger partial charge in [0.25, 0.3) is 5.91 Å². The highest BCUT2D eigenvalue weighted by Crippen LogP contribution is 2.34. The molecule has 0 aliphatic carbocycles. The second-order valence-corrected chi connectivity index (χ2v) is 7.64. The predicted molar refractivity (Wildman–Crippen MR) is 121 cm³/mol. The van der Waals surface area contributed by atoms with Crippen LogP contribution in [0.2, 0.25) is 0 Å². The zero-order chi connectivity index (χ0) is 22.0. The van der Waals surface area contributed by atoms with Crippen molar-refractivity contribution in [3.05, 3.63) is 64.1 Å². The van der Waals surface area contributed by atoms with Gasteiger partial charge in [-0.15, -0.1) is 0 Å². The van der Waals surface area contributed by atoms with Crippen LogP contribution in [0, 0.1) is 0 Å². The van der Waals surface area contributed by atoms with Crippen molar-refractivity contribution in [2.45, 2.75) is 25.8 Å². The summed E-state index contributed by atoms with van der Waals surface area (Å²) in [5.41, 5.74) is 3.02. The number of para-hydroxylation sites is 2. The summed E-state index contributed by atoms with van der Waals surface area (Å²) in [6, 6.07) is 11.3. The van der Waals surface area contributed by atoms with Gasteiger partial charge in [-0.2, -0.15) is 0 Å². The highest BCUT2D eigenvalue weighted by molar-refractivity contribution is 5.96. The molecule has 2 aromatic carbocycles. The number of piperidine rings is 1. The Labute approximate surface area is 180 Å². The minimum absolute atomic E-state index is 0.0450. The first-order valence-corrected chi connectivity index (χ1v) is 10.4. The fourth-order valence-electron chi connectivity index (χ4n) is 4.37. The zero-order valence-electron chi connectivity index (χ0n) is 18.1. The van der Waals surface area contributed by atoms with Gasteiger partial charge in [0, 0.05) is 30.3 Å². The summed E-state index contributed by atoms with van der Waals surface area (Å²) < 4.78 is 12.7. The number of hydrogen-bond donors (Lipinski definition) is 1. The van der Waals surface area contributed by atoms with Crippen molar-refractivity contribution in [3.63, 3.8) is 0 Å². The molecule has 1 amide bonds. The van der Waals surface area contributed by atoms with Crippen molar-refractivity contribution in [1.82, 2.24) is 14.5 Å². The van der Waals surface area contributed by atoms with Crippen LogP contribution in [0.4, 0.5) is 0 Å². The van der Waals surface area contributed by atoms with E-state index in [1.165, 1.54) is 0 Å². The number of carbonyl (C=O) groups excluding carboxylic acids is 1. The Kier molecular flexibility index (Phi) is 5.84. The number of allylic oxidation sites excluding steroid dienone is 1. The van der Waals surface area contributed by atoms with E-state index < -0.39 is 0 Å². The molecule has 162 valence electrons. The number of hydrogen-bond acceptors (Lipinski definition) is 4. The van der Waals surface area contributed by atoms with Crippen LogP contribution in [0.15, 0.2) is 47.3 Å². The van der Waals surface area contributed by atoms with E-state index in [1.807, 2.05) is 58.9 Å². The van der Waals surface area contributed by atoms with Gasteiger partial charge in [0.2, 0.25) is 0 Å². The molecular formula is C24H27N3O4. The molecule has 31 heavy (non-hydrogen) atoms. The van der Waals surface area contributed by atoms with Crippen LogP contribution in [0.1, 0.15) is 41.7 Å². The molecule has 1 aliphatic rings. The first kappa shape index (κ1) is 20.8. The average molecular weight is 421 g/mol. The molecule has 0 atom stereocenters. The van der Waals surface area contributed by atoms with Gasteiger partial charge in [0.1, 0.15) is 0 Å². The molecule has 1 fully saturated rings. The number of methoxy groups -OCH3 is 2. The molecule has 0 saturated carbocycles. The molecule has 3 aromatic rings. The van der Waals surface area contributed by atoms with Gasteiger partial charge in [0.05, 0.1) is 25.3 Å². The van der Waals surface area contributed by atoms with Crippen LogP contribution in [-0.4, -0.2) is 47.7 Å². The molecule has 1 N–H and O–H groups in total. The summed E-state index contributed by atoms with van der Waals surface area (Å²) >= 11 is 0. The average Bonchev–Trinajstić information content (AvgIpc) is 3.14. The van der Waals surface area contributed by atoms with Crippen molar-refractivity contribution < 1.29 is 14.3 Å². The molecule has 7 nitrogen and oxygen atoms in total. The normalized spacial score (nSPS) is 15.0. The number of amides is 1. The Bertz CT molecular complexity index is 1180. The Morgan fingerprint density at radius 1 is 1.13 bits per heavy atom. The third-order valence-electron chi connectivity index (χ3n) is 5.84. The van der Waals surface area contributed by atoms with E-state index in [0.717, 1.165) is 29.4 Å². The quantitative estimate of drug-likeness (QED) is 0.679. The number of ether oxygens (including phenoxy) is 2. The lowest BCUT2D eigenvalue weighted by Crippen LogP contribution is -2.40. The van der Waals surface area contributed by atoms with Crippen LogP contribution >= 0.6 is 0 Å². The minimum Gasteiger partial charge on any atom is -0.493 e. The minimum atomic E-state index is -0.0955. The zero-order valence-corrected chi connectivity index (χ0v) is 18.1. The van der Waals surface area contributed by atoms with Crippen molar-refractivity contribution in [1.29, 1.82) is 0 Å². The number of aromatic amines is 1. The fraction of sp³-hybridized carbons (Fsp3) is 0.333. The van der Waals surface area contributed by atoms with Gasteiger partial charge < -0.3 is 19.4 Å². The van der Waals surface area contributed by atoms with E-state index in [4.69, 9.17) is 9.47 Å². The Morgan fingerprint density at radius 3 is 2.55 bits per heavy atom. The second-order valence-electron chi connectivity index (χ2n) is 7.64. The van der Waals surface area contributed by atoms with Crippen molar-refractivity contribution in [2.24, 2.45) is 0 Å². The second kappa shape index (κ2) is 8.71. The standard InChI is InChI=1S/C24H27N3O4/c1-4-7-16-14-17(15-21(30-2)22(16)31-3)23(28)26-12-10-18(11-13-26)27-20-9-6-5-8-19(20)25-24(27)29/h4-9,14-15,18H,10-13H2,1-3H3,(H,25,29). The first-order valence-electron chi connectivity index (χ1n) is 10.4. The number of imidazole rings is 1. The van der Waals surface area contributed by atoms with E-state index in [-0.39, 0.29) is 17.6 Å². The number of benzene rings is 2. The summed E-state index contributed by atoms with van der Waals surface area (Å²) in [7, 11) is 3.15. The number of fused-ring (bicyclic) bond motifs is 1. The van der Waals surface area contributed by atoms with Crippen LogP contribution < -0.4 is 15.2 Å². The summed E-state index contributed by atoms with van der Waals surface area (Å²) in [6.45, 7) is 3.09. The van der Waals surface area contributed by atoms with E-state index in [1.54, 1.807) is 20.3 Å². The maximum atomic E-state index is 13.2. The molecule has 0 radical (unpaired) electrons. The van der Waals surface area contributed by atoms with E-state index >= 15 is 0 Å². The SMILES string of the molecule is CC=Cc1cc(C(=O)N2CCC(n3c(=O)[nH]c4ccccc43)CC2)cc(OC)c1OC. The monoisotopic (exact) mass is 421 g/mol. The van der Waals surface area contributed by atoms with E-state index in [2.05, 4.69) is 4.98 Å². The van der Waals surface area contributed by atoms with Gasteiger partial charge in [0.15, 0.2) is 11.5 Å². The lowest BCUT2D eigenvalue weighted by atomic mass is 10.0. The number of nitrogens with one attached hydrogen (secondary N) is 1. The molecule has 1 saturated heterocycles. The maximum Gasteiger partial charge on any atom is 0.326 e. The predicted octanol–water partition coefficient (Wildman–Crippen LogP) is 3.86. The van der Waals surface area contributed by atoms with Gasteiger partial charge in [-0.05, 0) is 44.0 Å². The smallest absolute Gasteiger partial charge is 0.326 e. The fourth-order valence-corrected chi connectivity index (χ4v) is 4.37.